The zero-order valence-corrected chi connectivity index (χ0v) is 10.6. The second kappa shape index (κ2) is 6.01. The fraction of sp³-hybridized carbons (Fsp3) is 0.818. The van der Waals surface area contributed by atoms with Gasteiger partial charge in [0.2, 0.25) is 0 Å². The Hall–Kier alpha value is -1.34. The Morgan fingerprint density at radius 3 is 2.67 bits per heavy atom. The van der Waals surface area contributed by atoms with Gasteiger partial charge in [-0.25, -0.2) is 9.59 Å². The summed E-state index contributed by atoms with van der Waals surface area (Å²) in [5.74, 6) is -1.26. The molecule has 2 amide bonds. The Morgan fingerprint density at radius 1 is 1.50 bits per heavy atom. The van der Waals surface area contributed by atoms with Crippen molar-refractivity contribution in [3.05, 3.63) is 0 Å². The van der Waals surface area contributed by atoms with E-state index >= 15 is 0 Å². The molecule has 1 aliphatic heterocycles. The number of carbonyl (C=O) groups excluding carboxylic acids is 1. The van der Waals surface area contributed by atoms with Gasteiger partial charge in [0.25, 0.3) is 0 Å². The Morgan fingerprint density at radius 2 is 2.17 bits per heavy atom. The number of hydrogen-bond acceptors (Lipinski definition) is 4. The summed E-state index contributed by atoms with van der Waals surface area (Å²) in [6.07, 6.45) is 1.35. The number of aliphatic carboxylic acids is 1. The number of nitrogens with one attached hydrogen (secondary N) is 2. The van der Waals surface area contributed by atoms with E-state index in [9.17, 15) is 9.59 Å². The SMILES string of the molecule is CC1(C)CC(NC(=O)N[C@H](CO)C(=O)O)CCO1. The molecule has 7 heteroatoms. The van der Waals surface area contributed by atoms with Crippen molar-refractivity contribution >= 4 is 12.0 Å². The molecule has 7 nitrogen and oxygen atoms in total. The second-order valence-corrected chi connectivity index (χ2v) is 4.99. The normalized spacial score (nSPS) is 24.1. The van der Waals surface area contributed by atoms with Crippen molar-refractivity contribution in [3.63, 3.8) is 0 Å². The minimum absolute atomic E-state index is 0.0538. The molecule has 0 aromatic rings. The van der Waals surface area contributed by atoms with Crippen LogP contribution in [0.3, 0.4) is 0 Å². The maximum atomic E-state index is 11.6. The number of carboxylic acids is 1. The van der Waals surface area contributed by atoms with Crippen LogP contribution in [0.5, 0.6) is 0 Å². The summed E-state index contributed by atoms with van der Waals surface area (Å²) in [4.78, 5) is 22.2. The zero-order valence-electron chi connectivity index (χ0n) is 10.6. The van der Waals surface area contributed by atoms with Gasteiger partial charge in [0, 0.05) is 12.6 Å². The van der Waals surface area contributed by atoms with Crippen molar-refractivity contribution < 1.29 is 24.5 Å². The third-order valence-electron chi connectivity index (χ3n) is 2.82. The highest BCUT2D eigenvalue weighted by atomic mass is 16.5. The fourth-order valence-electron chi connectivity index (χ4n) is 1.93. The maximum Gasteiger partial charge on any atom is 0.328 e. The lowest BCUT2D eigenvalue weighted by molar-refractivity contribution is -0.140. The first-order valence-corrected chi connectivity index (χ1v) is 5.89. The average molecular weight is 260 g/mol. The van der Waals surface area contributed by atoms with Crippen molar-refractivity contribution in [3.8, 4) is 0 Å². The first-order chi connectivity index (χ1) is 8.34. The molecule has 1 heterocycles. The minimum atomic E-state index is -1.28. The third-order valence-corrected chi connectivity index (χ3v) is 2.82. The van der Waals surface area contributed by atoms with Gasteiger partial charge in [-0.1, -0.05) is 0 Å². The molecular weight excluding hydrogens is 240 g/mol. The molecule has 1 rings (SSSR count). The van der Waals surface area contributed by atoms with E-state index in [0.717, 1.165) is 0 Å². The minimum Gasteiger partial charge on any atom is -0.480 e. The fourth-order valence-corrected chi connectivity index (χ4v) is 1.93. The van der Waals surface area contributed by atoms with E-state index in [2.05, 4.69) is 10.6 Å². The van der Waals surface area contributed by atoms with Crippen LogP contribution in [-0.2, 0) is 9.53 Å². The number of ether oxygens (including phenoxy) is 1. The maximum absolute atomic E-state index is 11.6. The van der Waals surface area contributed by atoms with Gasteiger partial charge >= 0.3 is 12.0 Å². The lowest BCUT2D eigenvalue weighted by atomic mass is 9.94. The molecule has 0 bridgehead atoms. The lowest BCUT2D eigenvalue weighted by Crippen LogP contribution is -2.53. The molecule has 1 fully saturated rings. The summed E-state index contributed by atoms with van der Waals surface area (Å²) in [7, 11) is 0. The summed E-state index contributed by atoms with van der Waals surface area (Å²) in [5.41, 5.74) is -0.292. The van der Waals surface area contributed by atoms with Crippen molar-refractivity contribution in [2.45, 2.75) is 44.4 Å². The van der Waals surface area contributed by atoms with E-state index in [1.54, 1.807) is 0 Å². The number of carbonyl (C=O) groups is 2. The monoisotopic (exact) mass is 260 g/mol. The molecule has 4 N–H and O–H groups in total. The van der Waals surface area contributed by atoms with E-state index in [0.29, 0.717) is 19.4 Å². The van der Waals surface area contributed by atoms with Gasteiger partial charge in [-0.05, 0) is 26.7 Å². The van der Waals surface area contributed by atoms with Crippen LogP contribution in [0.2, 0.25) is 0 Å². The van der Waals surface area contributed by atoms with Gasteiger partial charge in [0.15, 0.2) is 6.04 Å². The van der Waals surface area contributed by atoms with Gasteiger partial charge in [-0.2, -0.15) is 0 Å². The summed E-state index contributed by atoms with van der Waals surface area (Å²) < 4.78 is 5.51. The van der Waals surface area contributed by atoms with Gasteiger partial charge in [-0.15, -0.1) is 0 Å². The lowest BCUT2D eigenvalue weighted by Gasteiger charge is -2.35. The van der Waals surface area contributed by atoms with Crippen LogP contribution >= 0.6 is 0 Å². The molecule has 0 spiro atoms. The van der Waals surface area contributed by atoms with Gasteiger partial charge < -0.3 is 25.6 Å². The molecule has 0 saturated carbocycles. The molecule has 0 radical (unpaired) electrons. The van der Waals surface area contributed by atoms with Crippen LogP contribution in [-0.4, -0.2) is 53.1 Å². The molecule has 1 aliphatic rings. The molecule has 104 valence electrons. The molecule has 0 aromatic carbocycles. The number of rotatable bonds is 4. The van der Waals surface area contributed by atoms with Gasteiger partial charge in [-0.3, -0.25) is 0 Å². The standard InChI is InChI=1S/C11H20N2O5/c1-11(2)5-7(3-4-18-11)12-10(17)13-8(6-14)9(15)16/h7-8,14H,3-6H2,1-2H3,(H,15,16)(H2,12,13,17)/t7?,8-/m1/s1. The second-order valence-electron chi connectivity index (χ2n) is 4.99. The molecule has 0 aliphatic carbocycles. The molecule has 18 heavy (non-hydrogen) atoms. The number of aliphatic hydroxyl groups excluding tert-OH is 1. The number of amides is 2. The summed E-state index contributed by atoms with van der Waals surface area (Å²) >= 11 is 0. The highest BCUT2D eigenvalue weighted by Gasteiger charge is 2.30. The topological polar surface area (TPSA) is 108 Å². The highest BCUT2D eigenvalue weighted by molar-refractivity contribution is 5.82. The molecule has 2 atom stereocenters. The van der Waals surface area contributed by atoms with Crippen LogP contribution in [0.15, 0.2) is 0 Å². The predicted molar refractivity (Wildman–Crippen MR) is 63.2 cm³/mol. The first kappa shape index (κ1) is 14.7. The quantitative estimate of drug-likeness (QED) is 0.554. The Kier molecular flexibility index (Phi) is 4.92. The Balaban J connectivity index is 2.42. The van der Waals surface area contributed by atoms with Crippen molar-refractivity contribution in [2.24, 2.45) is 0 Å². The molecule has 1 unspecified atom stereocenters. The molecule has 1 saturated heterocycles. The van der Waals surface area contributed by atoms with E-state index in [4.69, 9.17) is 14.9 Å². The third kappa shape index (κ3) is 4.50. The number of hydrogen-bond donors (Lipinski definition) is 4. The smallest absolute Gasteiger partial charge is 0.328 e. The highest BCUT2D eigenvalue weighted by Crippen LogP contribution is 2.23. The first-order valence-electron chi connectivity index (χ1n) is 5.89. The average Bonchev–Trinajstić information content (AvgIpc) is 2.23. The van der Waals surface area contributed by atoms with E-state index < -0.39 is 24.6 Å². The van der Waals surface area contributed by atoms with Gasteiger partial charge in [0.05, 0.1) is 12.2 Å². The summed E-state index contributed by atoms with van der Waals surface area (Å²) in [6.45, 7) is 3.79. The van der Waals surface area contributed by atoms with Crippen LogP contribution < -0.4 is 10.6 Å². The molecule has 0 aromatic heterocycles. The largest absolute Gasteiger partial charge is 0.480 e. The van der Waals surface area contributed by atoms with E-state index in [1.165, 1.54) is 0 Å². The summed E-state index contributed by atoms with van der Waals surface area (Å²) in [6, 6.07) is -1.92. The predicted octanol–water partition coefficient (Wildman–Crippen LogP) is -0.311. The van der Waals surface area contributed by atoms with Crippen LogP contribution in [0, 0.1) is 0 Å². The Bertz CT molecular complexity index is 319. The van der Waals surface area contributed by atoms with E-state index in [1.807, 2.05) is 13.8 Å². The number of urea groups is 1. The van der Waals surface area contributed by atoms with Crippen LogP contribution in [0.1, 0.15) is 26.7 Å². The zero-order chi connectivity index (χ0) is 13.8. The van der Waals surface area contributed by atoms with Crippen molar-refractivity contribution in [1.82, 2.24) is 10.6 Å². The van der Waals surface area contributed by atoms with Crippen LogP contribution in [0.4, 0.5) is 4.79 Å². The van der Waals surface area contributed by atoms with Crippen molar-refractivity contribution in [1.29, 1.82) is 0 Å². The van der Waals surface area contributed by atoms with Crippen molar-refractivity contribution in [2.75, 3.05) is 13.2 Å². The van der Waals surface area contributed by atoms with E-state index in [-0.39, 0.29) is 11.6 Å². The molecular formula is C11H20N2O5. The van der Waals surface area contributed by atoms with Gasteiger partial charge in [0.1, 0.15) is 0 Å². The summed E-state index contributed by atoms with van der Waals surface area (Å²) in [5, 5.41) is 22.4. The Labute approximate surface area is 106 Å². The number of carboxylic acid groups (broad SMARTS) is 1. The number of aliphatic hydroxyl groups is 1. The van der Waals surface area contributed by atoms with Crippen LogP contribution in [0.25, 0.3) is 0 Å².